The number of aromatic nitrogens is 3. The van der Waals surface area contributed by atoms with Gasteiger partial charge in [-0.3, -0.25) is 19.7 Å². The number of hydrogen-bond donors (Lipinski definition) is 0. The van der Waals surface area contributed by atoms with Crippen molar-refractivity contribution >= 4 is 41.7 Å². The van der Waals surface area contributed by atoms with Crippen LogP contribution in [-0.4, -0.2) is 141 Å². The fourth-order valence-corrected chi connectivity index (χ4v) is 16.6. The number of piperazine rings is 2. The van der Waals surface area contributed by atoms with Gasteiger partial charge in [0.15, 0.2) is 12.6 Å². The first-order chi connectivity index (χ1) is 34.4. The molecule has 5 heterocycles. The van der Waals surface area contributed by atoms with E-state index in [1.54, 1.807) is 31.5 Å². The minimum absolute atomic E-state index is 0.0170. The van der Waals surface area contributed by atoms with Gasteiger partial charge in [0, 0.05) is 83.7 Å². The van der Waals surface area contributed by atoms with Gasteiger partial charge < -0.3 is 28.6 Å². The van der Waals surface area contributed by atoms with E-state index in [1.165, 1.54) is 18.7 Å². The zero-order chi connectivity index (χ0) is 51.5. The summed E-state index contributed by atoms with van der Waals surface area (Å²) in [6.07, 6.45) is 2.47. The van der Waals surface area contributed by atoms with E-state index in [-0.39, 0.29) is 60.5 Å². The summed E-state index contributed by atoms with van der Waals surface area (Å²) >= 11 is 0. The molecule has 13 nitrogen and oxygen atoms in total. The molecule has 0 saturated carbocycles. The summed E-state index contributed by atoms with van der Waals surface area (Å²) in [5, 5.41) is 1.39. The number of halogens is 2. The zero-order valence-electron chi connectivity index (χ0n) is 44.1. The van der Waals surface area contributed by atoms with Gasteiger partial charge in [0.05, 0.1) is 23.0 Å². The first-order valence-corrected chi connectivity index (χ1v) is 27.8. The molecule has 0 spiro atoms. The molecule has 0 aliphatic carbocycles. The van der Waals surface area contributed by atoms with E-state index in [1.807, 2.05) is 31.7 Å². The Hall–Kier alpha value is -5.44. The third-order valence-electron chi connectivity index (χ3n) is 14.8. The minimum Gasteiger partial charge on any atom is -0.468 e. The van der Waals surface area contributed by atoms with Crippen molar-refractivity contribution in [1.82, 2.24) is 29.7 Å². The van der Waals surface area contributed by atoms with Gasteiger partial charge in [-0.05, 0) is 79.4 Å². The maximum Gasteiger partial charge on any atom is 0.410 e. The van der Waals surface area contributed by atoms with Gasteiger partial charge in [-0.15, -0.1) is 5.54 Å². The second kappa shape index (κ2) is 22.4. The highest BCUT2D eigenvalue weighted by Crippen LogP contribution is 2.43. The lowest BCUT2D eigenvalue weighted by molar-refractivity contribution is 0.0121. The van der Waals surface area contributed by atoms with Gasteiger partial charge >= 0.3 is 12.1 Å². The molecule has 72 heavy (non-hydrogen) atoms. The monoisotopic (exact) mass is 1010 g/mol. The average molecular weight is 1010 g/mol. The Morgan fingerprint density at radius 3 is 2.15 bits per heavy atom. The molecule has 8 rings (SSSR count). The van der Waals surface area contributed by atoms with Crippen molar-refractivity contribution in [3.05, 3.63) is 83.6 Å². The molecular formula is C56H73F2N7O6Si. The number of nitrogens with zero attached hydrogens (tertiary/aromatic N) is 7. The molecule has 3 aliphatic rings. The van der Waals surface area contributed by atoms with Crippen LogP contribution in [0.2, 0.25) is 16.6 Å². The standard InChI is InChI=1S/C56H73F2N7O6Si/c1-36(2)72(37(3)4,38(5)6)26-21-45-48(57)20-17-40-27-43(70-35-67-10)28-46(49(40)45)51-50(58)52-47(29-59-51)53(64-31-41-18-19-42(32-64)65(41)55(66)71-56(7,8)9)61-54(60-52)69-34-44(68-11)33-63-24-22-62(23-25-63)30-39-15-13-12-14-16-39/h12-17,20,27-29,36-38,41-42,44H,18-19,22-25,30-35H2,1-11H3/t41?,42?,44-/m0/s1. The fraction of sp³-hybridized carbons (Fsp3) is 0.536. The molecule has 3 aromatic carbocycles. The van der Waals surface area contributed by atoms with Crippen LogP contribution in [-0.2, 0) is 20.8 Å². The van der Waals surface area contributed by atoms with Crippen LogP contribution in [0.15, 0.2) is 60.8 Å². The van der Waals surface area contributed by atoms with Crippen molar-refractivity contribution in [2.24, 2.45) is 0 Å². The molecule has 3 saturated heterocycles. The van der Waals surface area contributed by atoms with E-state index < -0.39 is 25.3 Å². The lowest BCUT2D eigenvalue weighted by atomic mass is 9.95. The molecule has 0 radical (unpaired) electrons. The van der Waals surface area contributed by atoms with Crippen LogP contribution in [0, 0.1) is 23.1 Å². The Labute approximate surface area is 425 Å². The molecule has 5 aromatic rings. The Morgan fingerprint density at radius 1 is 0.861 bits per heavy atom. The quantitative estimate of drug-likeness (QED) is 0.0533. The van der Waals surface area contributed by atoms with Crippen molar-refractivity contribution in [3.63, 3.8) is 0 Å². The topological polar surface area (TPSA) is 115 Å². The van der Waals surface area contributed by atoms with Gasteiger partial charge in [-0.1, -0.05) is 83.9 Å². The molecule has 16 heteroatoms. The van der Waals surface area contributed by atoms with Crippen molar-refractivity contribution in [1.29, 1.82) is 0 Å². The average Bonchev–Trinajstić information content (AvgIpc) is 3.61. The summed E-state index contributed by atoms with van der Waals surface area (Å²) in [7, 11) is 0.850. The van der Waals surface area contributed by atoms with Gasteiger partial charge in [0.2, 0.25) is 0 Å². The predicted octanol–water partition coefficient (Wildman–Crippen LogP) is 10.5. The number of carbonyl (C=O) groups excluding carboxylic acids is 1. The number of anilines is 1. The largest absolute Gasteiger partial charge is 0.468 e. The van der Waals surface area contributed by atoms with E-state index in [4.69, 9.17) is 38.6 Å². The number of pyridine rings is 1. The molecule has 386 valence electrons. The lowest BCUT2D eigenvalue weighted by Gasteiger charge is -2.42. The van der Waals surface area contributed by atoms with Crippen LogP contribution in [0.1, 0.15) is 86.3 Å². The molecule has 2 unspecified atom stereocenters. The van der Waals surface area contributed by atoms with E-state index in [0.29, 0.717) is 69.5 Å². The molecule has 3 fully saturated rings. The van der Waals surface area contributed by atoms with E-state index in [0.717, 1.165) is 45.6 Å². The smallest absolute Gasteiger partial charge is 0.410 e. The third kappa shape index (κ3) is 11.4. The summed E-state index contributed by atoms with van der Waals surface area (Å²) in [4.78, 5) is 36.9. The molecular weight excluding hydrogens is 933 g/mol. The first-order valence-electron chi connectivity index (χ1n) is 25.6. The Balaban J connectivity index is 1.19. The lowest BCUT2D eigenvalue weighted by Crippen LogP contribution is -2.57. The Bertz CT molecular complexity index is 2740. The number of rotatable bonds is 16. The highest BCUT2D eigenvalue weighted by Gasteiger charge is 2.45. The van der Waals surface area contributed by atoms with Crippen LogP contribution in [0.25, 0.3) is 32.9 Å². The van der Waals surface area contributed by atoms with Crippen LogP contribution in [0.5, 0.6) is 11.8 Å². The summed E-state index contributed by atoms with van der Waals surface area (Å²) in [6, 6.07) is 16.7. The molecule has 3 aliphatic heterocycles. The van der Waals surface area contributed by atoms with Crippen LogP contribution >= 0.6 is 0 Å². The SMILES string of the molecule is COCOc1cc(-c2ncc3c(N4CC5CCC(C4)N5C(=O)OC(C)(C)C)nc(OC[C@H](CN4CCN(Cc5ccccc5)CC4)OC)nc3c2F)c2c(C#C[Si](C(C)C)(C(C)C)C(C)C)c(F)ccc2c1. The van der Waals surface area contributed by atoms with E-state index in [2.05, 4.69) is 92.0 Å². The number of amides is 1. The maximum absolute atomic E-state index is 18.0. The zero-order valence-corrected chi connectivity index (χ0v) is 45.1. The summed E-state index contributed by atoms with van der Waals surface area (Å²) < 4.78 is 64.0. The summed E-state index contributed by atoms with van der Waals surface area (Å²) in [6.45, 7) is 24.9. The second-order valence-electron chi connectivity index (χ2n) is 21.6. The number of fused-ring (bicyclic) bond motifs is 4. The normalized spacial score (nSPS) is 18.3. The van der Waals surface area contributed by atoms with E-state index in [9.17, 15) is 4.79 Å². The van der Waals surface area contributed by atoms with Crippen molar-refractivity contribution in [3.8, 4) is 34.5 Å². The highest BCUT2D eigenvalue weighted by atomic mass is 28.3. The highest BCUT2D eigenvalue weighted by molar-refractivity contribution is 6.90. The van der Waals surface area contributed by atoms with Crippen LogP contribution < -0.4 is 14.4 Å². The molecule has 2 aromatic heterocycles. The Morgan fingerprint density at radius 2 is 1.53 bits per heavy atom. The number of ether oxygens (including phenoxy) is 5. The third-order valence-corrected chi connectivity index (χ3v) is 21.1. The van der Waals surface area contributed by atoms with Gasteiger partial charge in [-0.25, -0.2) is 13.6 Å². The van der Waals surface area contributed by atoms with Crippen molar-refractivity contribution < 1.29 is 37.3 Å². The summed E-state index contributed by atoms with van der Waals surface area (Å²) in [5.41, 5.74) is 5.64. The fourth-order valence-electron chi connectivity index (χ4n) is 11.4. The maximum atomic E-state index is 18.0. The van der Waals surface area contributed by atoms with Gasteiger partial charge in [0.25, 0.3) is 0 Å². The minimum atomic E-state index is -2.33. The van der Waals surface area contributed by atoms with E-state index >= 15 is 8.78 Å². The van der Waals surface area contributed by atoms with Crippen molar-refractivity contribution in [2.45, 2.75) is 122 Å². The Kier molecular flexibility index (Phi) is 16.4. The number of hydrogen-bond acceptors (Lipinski definition) is 12. The molecule has 2 bridgehead atoms. The van der Waals surface area contributed by atoms with Crippen molar-refractivity contribution in [2.75, 3.05) is 78.3 Å². The van der Waals surface area contributed by atoms with Gasteiger partial charge in [-0.2, -0.15) is 9.97 Å². The molecule has 1 amide bonds. The summed E-state index contributed by atoms with van der Waals surface area (Å²) in [5.74, 6) is 2.93. The number of carbonyl (C=O) groups is 1. The second-order valence-corrected chi connectivity index (χ2v) is 27.2. The van der Waals surface area contributed by atoms with Crippen LogP contribution in [0.4, 0.5) is 19.4 Å². The predicted molar refractivity (Wildman–Crippen MR) is 282 cm³/mol. The van der Waals surface area contributed by atoms with Gasteiger partial charge in [0.1, 0.15) is 55.0 Å². The molecule has 3 atom stereocenters. The number of methoxy groups -OCH3 is 2. The first kappa shape index (κ1) is 52.9. The number of benzene rings is 3. The molecule has 0 N–H and O–H groups in total. The van der Waals surface area contributed by atoms with Crippen LogP contribution in [0.3, 0.4) is 0 Å².